The van der Waals surface area contributed by atoms with Gasteiger partial charge in [0.1, 0.15) is 11.9 Å². The standard InChI is InChI=1S/C19H19N5O5/c20-16(21)10-4-6-11(7-5-10)18(28)23-13-3-1-2-12(8-13)19(29)24-14(17(22)27)9-15(25)26/h1-8,14H,9H2,(H3,20,21)(H2,22,27)(H,23,28)(H,24,29)(H,25,26)/t14-/m0/s1. The van der Waals surface area contributed by atoms with Crippen molar-refractivity contribution >= 4 is 35.2 Å². The number of benzene rings is 2. The van der Waals surface area contributed by atoms with Gasteiger partial charge in [-0.25, -0.2) is 0 Å². The minimum absolute atomic E-state index is 0.103. The van der Waals surface area contributed by atoms with E-state index in [1.165, 1.54) is 42.5 Å². The highest BCUT2D eigenvalue weighted by atomic mass is 16.4. The molecule has 0 bridgehead atoms. The van der Waals surface area contributed by atoms with Crippen LogP contribution in [0.15, 0.2) is 48.5 Å². The smallest absolute Gasteiger partial charge is 0.305 e. The molecule has 10 nitrogen and oxygen atoms in total. The van der Waals surface area contributed by atoms with Crippen LogP contribution in [-0.2, 0) is 9.59 Å². The molecular formula is C19H19N5O5. The first-order valence-corrected chi connectivity index (χ1v) is 8.35. The summed E-state index contributed by atoms with van der Waals surface area (Å²) in [4.78, 5) is 46.7. The van der Waals surface area contributed by atoms with E-state index in [0.29, 0.717) is 16.8 Å². The summed E-state index contributed by atoms with van der Waals surface area (Å²) >= 11 is 0. The Morgan fingerprint density at radius 2 is 1.55 bits per heavy atom. The summed E-state index contributed by atoms with van der Waals surface area (Å²) in [5.74, 6) is -3.53. The molecule has 0 heterocycles. The molecule has 0 aliphatic rings. The Kier molecular flexibility index (Phi) is 6.64. The fraction of sp³-hybridized carbons (Fsp3) is 0.105. The van der Waals surface area contributed by atoms with Crippen LogP contribution in [0.2, 0.25) is 0 Å². The molecule has 0 radical (unpaired) electrons. The number of nitrogens with one attached hydrogen (secondary N) is 3. The van der Waals surface area contributed by atoms with E-state index in [0.717, 1.165) is 0 Å². The molecule has 0 fully saturated rings. The van der Waals surface area contributed by atoms with Gasteiger partial charge in [0.15, 0.2) is 0 Å². The van der Waals surface area contributed by atoms with Gasteiger partial charge in [-0.15, -0.1) is 0 Å². The summed E-state index contributed by atoms with van der Waals surface area (Å²) in [5, 5.41) is 21.0. The number of carboxylic acid groups (broad SMARTS) is 1. The summed E-state index contributed by atoms with van der Waals surface area (Å²) in [6.07, 6.45) is -0.645. The number of carbonyl (C=O) groups is 4. The van der Waals surface area contributed by atoms with E-state index in [9.17, 15) is 19.2 Å². The molecule has 2 rings (SSSR count). The molecule has 0 aliphatic carbocycles. The van der Waals surface area contributed by atoms with Crippen LogP contribution in [-0.4, -0.2) is 40.7 Å². The third-order valence-corrected chi connectivity index (χ3v) is 3.87. The van der Waals surface area contributed by atoms with Crippen molar-refractivity contribution in [2.75, 3.05) is 5.32 Å². The topological polar surface area (TPSA) is 188 Å². The maximum absolute atomic E-state index is 12.3. The van der Waals surface area contributed by atoms with Crippen molar-refractivity contribution in [3.8, 4) is 0 Å². The fourth-order valence-electron chi connectivity index (χ4n) is 2.38. The quantitative estimate of drug-likeness (QED) is 0.274. The first-order valence-electron chi connectivity index (χ1n) is 8.35. The number of carbonyl (C=O) groups excluding carboxylic acids is 3. The molecule has 150 valence electrons. The highest BCUT2D eigenvalue weighted by Gasteiger charge is 2.22. The molecule has 0 saturated heterocycles. The van der Waals surface area contributed by atoms with E-state index < -0.39 is 36.2 Å². The molecule has 2 aromatic rings. The number of amides is 3. The monoisotopic (exact) mass is 397 g/mol. The van der Waals surface area contributed by atoms with Crippen LogP contribution in [0.1, 0.15) is 32.7 Å². The number of hydrogen-bond donors (Lipinski definition) is 6. The predicted octanol–water partition coefficient (Wildman–Crippen LogP) is 0.281. The molecule has 2 aromatic carbocycles. The Labute approximate surface area is 165 Å². The minimum Gasteiger partial charge on any atom is -0.481 e. The van der Waals surface area contributed by atoms with Gasteiger partial charge >= 0.3 is 5.97 Å². The number of anilines is 1. The van der Waals surface area contributed by atoms with Crippen LogP contribution >= 0.6 is 0 Å². The Morgan fingerprint density at radius 3 is 2.10 bits per heavy atom. The van der Waals surface area contributed by atoms with E-state index >= 15 is 0 Å². The number of hydrogen-bond acceptors (Lipinski definition) is 5. The molecule has 0 aromatic heterocycles. The Bertz CT molecular complexity index is 971. The second-order valence-electron chi connectivity index (χ2n) is 6.05. The molecule has 10 heteroatoms. The lowest BCUT2D eigenvalue weighted by Gasteiger charge is -2.14. The molecule has 0 unspecified atom stereocenters. The number of rotatable bonds is 8. The van der Waals surface area contributed by atoms with Gasteiger partial charge in [-0.05, 0) is 30.3 Å². The normalized spacial score (nSPS) is 11.2. The summed E-state index contributed by atoms with van der Waals surface area (Å²) in [5.41, 5.74) is 11.7. The maximum atomic E-state index is 12.3. The second kappa shape index (κ2) is 9.13. The summed E-state index contributed by atoms with van der Waals surface area (Å²) in [7, 11) is 0. The van der Waals surface area contributed by atoms with Crippen molar-refractivity contribution in [2.45, 2.75) is 12.5 Å². The first kappa shape index (κ1) is 21.1. The second-order valence-corrected chi connectivity index (χ2v) is 6.05. The molecule has 8 N–H and O–H groups in total. The van der Waals surface area contributed by atoms with Crippen molar-refractivity contribution in [2.24, 2.45) is 11.5 Å². The van der Waals surface area contributed by atoms with Crippen molar-refractivity contribution in [3.05, 3.63) is 65.2 Å². The fourth-order valence-corrected chi connectivity index (χ4v) is 2.38. The molecule has 29 heavy (non-hydrogen) atoms. The van der Waals surface area contributed by atoms with Crippen LogP contribution in [0, 0.1) is 5.41 Å². The van der Waals surface area contributed by atoms with Crippen molar-refractivity contribution < 1.29 is 24.3 Å². The predicted molar refractivity (Wildman–Crippen MR) is 105 cm³/mol. The van der Waals surface area contributed by atoms with E-state index in [4.69, 9.17) is 22.0 Å². The average Bonchev–Trinajstić information content (AvgIpc) is 2.67. The van der Waals surface area contributed by atoms with Gasteiger partial charge in [-0.2, -0.15) is 0 Å². The Morgan fingerprint density at radius 1 is 0.931 bits per heavy atom. The molecule has 1 atom stereocenters. The molecule has 0 spiro atoms. The Balaban J connectivity index is 2.10. The minimum atomic E-state index is -1.36. The number of nitrogens with two attached hydrogens (primary N) is 2. The lowest BCUT2D eigenvalue weighted by molar-refractivity contribution is -0.139. The zero-order chi connectivity index (χ0) is 21.6. The van der Waals surface area contributed by atoms with Gasteiger partial charge in [0.25, 0.3) is 11.8 Å². The van der Waals surface area contributed by atoms with E-state index in [-0.39, 0.29) is 11.4 Å². The van der Waals surface area contributed by atoms with Crippen LogP contribution < -0.4 is 22.1 Å². The van der Waals surface area contributed by atoms with Gasteiger partial charge in [0, 0.05) is 22.4 Å². The van der Waals surface area contributed by atoms with Crippen molar-refractivity contribution in [1.29, 1.82) is 5.41 Å². The average molecular weight is 397 g/mol. The summed E-state index contributed by atoms with van der Waals surface area (Å²) in [6.45, 7) is 0. The molecule has 0 saturated carbocycles. The SMILES string of the molecule is N=C(N)c1ccc(C(=O)Nc2cccc(C(=O)N[C@@H](CC(=O)O)C(N)=O)c2)cc1. The van der Waals surface area contributed by atoms with Crippen LogP contribution in [0.25, 0.3) is 0 Å². The molecular weight excluding hydrogens is 378 g/mol. The zero-order valence-corrected chi connectivity index (χ0v) is 15.1. The third-order valence-electron chi connectivity index (χ3n) is 3.87. The van der Waals surface area contributed by atoms with Crippen LogP contribution in [0.3, 0.4) is 0 Å². The number of carboxylic acids is 1. The van der Waals surface area contributed by atoms with Crippen LogP contribution in [0.4, 0.5) is 5.69 Å². The highest BCUT2D eigenvalue weighted by molar-refractivity contribution is 6.06. The number of amidine groups is 1. The lowest BCUT2D eigenvalue weighted by Crippen LogP contribution is -2.45. The van der Waals surface area contributed by atoms with E-state index in [2.05, 4.69) is 10.6 Å². The van der Waals surface area contributed by atoms with Crippen molar-refractivity contribution in [3.63, 3.8) is 0 Å². The van der Waals surface area contributed by atoms with Gasteiger partial charge in [-0.3, -0.25) is 24.6 Å². The molecule has 0 aliphatic heterocycles. The Hall–Kier alpha value is -4.21. The first-order chi connectivity index (χ1) is 13.7. The summed E-state index contributed by atoms with van der Waals surface area (Å²) in [6, 6.07) is 10.6. The van der Waals surface area contributed by atoms with Crippen molar-refractivity contribution in [1.82, 2.24) is 5.32 Å². The van der Waals surface area contributed by atoms with E-state index in [1.807, 2.05) is 0 Å². The number of aliphatic carboxylic acids is 1. The lowest BCUT2D eigenvalue weighted by atomic mass is 10.1. The molecule has 3 amide bonds. The maximum Gasteiger partial charge on any atom is 0.305 e. The van der Waals surface area contributed by atoms with E-state index in [1.54, 1.807) is 6.07 Å². The largest absolute Gasteiger partial charge is 0.481 e. The van der Waals surface area contributed by atoms with Gasteiger partial charge in [0.2, 0.25) is 5.91 Å². The number of nitrogen functional groups attached to an aromatic ring is 1. The highest BCUT2D eigenvalue weighted by Crippen LogP contribution is 2.13. The zero-order valence-electron chi connectivity index (χ0n) is 15.1. The van der Waals surface area contributed by atoms with Gasteiger partial charge < -0.3 is 27.2 Å². The third kappa shape index (κ3) is 5.89. The summed E-state index contributed by atoms with van der Waals surface area (Å²) < 4.78 is 0. The van der Waals surface area contributed by atoms with Gasteiger partial charge in [-0.1, -0.05) is 18.2 Å². The van der Waals surface area contributed by atoms with Gasteiger partial charge in [0.05, 0.1) is 6.42 Å². The number of primary amides is 1. The van der Waals surface area contributed by atoms with Crippen LogP contribution in [0.5, 0.6) is 0 Å².